The van der Waals surface area contributed by atoms with Gasteiger partial charge in [0, 0.05) is 7.05 Å². The van der Waals surface area contributed by atoms with Crippen LogP contribution in [0.15, 0.2) is 47.4 Å². The van der Waals surface area contributed by atoms with E-state index in [2.05, 4.69) is 0 Å². The second-order valence-corrected chi connectivity index (χ2v) is 8.31. The van der Waals surface area contributed by atoms with Gasteiger partial charge in [0.05, 0.1) is 4.90 Å². The summed E-state index contributed by atoms with van der Waals surface area (Å²) in [5.41, 5.74) is 3.88. The summed E-state index contributed by atoms with van der Waals surface area (Å²) in [6.07, 6.45) is 0.109. The number of sulfonamides is 1. The van der Waals surface area contributed by atoms with Crippen LogP contribution >= 0.6 is 0 Å². The van der Waals surface area contributed by atoms with Gasteiger partial charge >= 0.3 is 5.97 Å². The molecule has 0 aliphatic carbocycles. The molecule has 0 heterocycles. The lowest BCUT2D eigenvalue weighted by atomic mass is 10.0. The van der Waals surface area contributed by atoms with Crippen LogP contribution in [-0.4, -0.2) is 36.9 Å². The zero-order valence-corrected chi connectivity index (χ0v) is 15.7. The van der Waals surface area contributed by atoms with E-state index < -0.39 is 22.0 Å². The molecular weight excluding hydrogens is 338 g/mol. The third kappa shape index (κ3) is 4.27. The highest BCUT2D eigenvalue weighted by molar-refractivity contribution is 7.89. The van der Waals surface area contributed by atoms with Gasteiger partial charge in [0.25, 0.3) is 0 Å². The van der Waals surface area contributed by atoms with E-state index in [0.29, 0.717) is 0 Å². The molecule has 2 rings (SSSR count). The third-order valence-corrected chi connectivity index (χ3v) is 6.30. The van der Waals surface area contributed by atoms with Crippen molar-refractivity contribution in [3.05, 3.63) is 64.7 Å². The van der Waals surface area contributed by atoms with Gasteiger partial charge in [-0.2, -0.15) is 4.31 Å². The van der Waals surface area contributed by atoms with Crippen molar-refractivity contribution in [1.82, 2.24) is 4.31 Å². The molecule has 0 amide bonds. The number of aryl methyl sites for hydroxylation is 3. The molecule has 1 atom stereocenters. The molecule has 0 unspecified atom stereocenters. The molecule has 5 nitrogen and oxygen atoms in total. The summed E-state index contributed by atoms with van der Waals surface area (Å²) in [6.45, 7) is 5.78. The zero-order valence-electron chi connectivity index (χ0n) is 14.9. The number of carboxylic acids is 1. The Morgan fingerprint density at radius 3 is 2.16 bits per heavy atom. The first-order chi connectivity index (χ1) is 11.6. The van der Waals surface area contributed by atoms with E-state index in [1.165, 1.54) is 19.2 Å². The minimum Gasteiger partial charge on any atom is -0.480 e. The van der Waals surface area contributed by atoms with Crippen LogP contribution in [0.4, 0.5) is 0 Å². The maximum atomic E-state index is 12.8. The molecule has 2 aromatic carbocycles. The third-order valence-electron chi connectivity index (χ3n) is 4.42. The summed E-state index contributed by atoms with van der Waals surface area (Å²) < 4.78 is 26.5. The minimum atomic E-state index is -3.89. The van der Waals surface area contributed by atoms with Crippen molar-refractivity contribution in [1.29, 1.82) is 0 Å². The van der Waals surface area contributed by atoms with Crippen LogP contribution < -0.4 is 0 Å². The average Bonchev–Trinajstić information content (AvgIpc) is 2.55. The van der Waals surface area contributed by atoms with Gasteiger partial charge in [-0.1, -0.05) is 35.9 Å². The van der Waals surface area contributed by atoms with Gasteiger partial charge in [0.15, 0.2) is 0 Å². The first-order valence-corrected chi connectivity index (χ1v) is 9.40. The maximum absolute atomic E-state index is 12.8. The lowest BCUT2D eigenvalue weighted by Crippen LogP contribution is -2.43. The number of benzene rings is 2. The fourth-order valence-corrected chi connectivity index (χ4v) is 3.88. The van der Waals surface area contributed by atoms with Gasteiger partial charge in [-0.05, 0) is 56.0 Å². The first-order valence-electron chi connectivity index (χ1n) is 7.96. The molecule has 1 N–H and O–H groups in total. The largest absolute Gasteiger partial charge is 0.480 e. The number of nitrogens with zero attached hydrogens (tertiary/aromatic N) is 1. The number of aliphatic carboxylic acids is 1. The van der Waals surface area contributed by atoms with Gasteiger partial charge < -0.3 is 5.11 Å². The van der Waals surface area contributed by atoms with Crippen LogP contribution in [0.2, 0.25) is 0 Å². The van der Waals surface area contributed by atoms with Crippen LogP contribution in [0.1, 0.15) is 22.3 Å². The van der Waals surface area contributed by atoms with Gasteiger partial charge in [0.2, 0.25) is 10.0 Å². The molecule has 134 valence electrons. The van der Waals surface area contributed by atoms with Crippen molar-refractivity contribution in [3.8, 4) is 0 Å². The molecule has 0 saturated carbocycles. The van der Waals surface area contributed by atoms with E-state index in [-0.39, 0.29) is 11.3 Å². The van der Waals surface area contributed by atoms with Gasteiger partial charge in [-0.15, -0.1) is 0 Å². The number of likely N-dealkylation sites (N-methyl/N-ethyl adjacent to an activating group) is 1. The molecule has 0 spiro atoms. The second-order valence-electron chi connectivity index (χ2n) is 6.31. The molecule has 0 saturated heterocycles. The molecule has 2 aromatic rings. The summed E-state index contributed by atoms with van der Waals surface area (Å²) in [6, 6.07) is 10.9. The SMILES string of the molecule is Cc1ccc(S(=O)(=O)N(C)[C@H](Cc2ccc(C)c(C)c2)C(=O)O)cc1. The van der Waals surface area contributed by atoms with Crippen LogP contribution in [0.5, 0.6) is 0 Å². The molecule has 6 heteroatoms. The molecule has 0 bridgehead atoms. The number of carboxylic acid groups (broad SMARTS) is 1. The van der Waals surface area contributed by atoms with Gasteiger partial charge in [-0.3, -0.25) is 4.79 Å². The molecular formula is C19H23NO4S. The van der Waals surface area contributed by atoms with Crippen LogP contribution in [0, 0.1) is 20.8 Å². The fourth-order valence-electron chi connectivity index (χ4n) is 2.57. The Morgan fingerprint density at radius 1 is 1.04 bits per heavy atom. The topological polar surface area (TPSA) is 74.7 Å². The average molecular weight is 361 g/mol. The number of hydrogen-bond acceptors (Lipinski definition) is 3. The zero-order chi connectivity index (χ0) is 18.8. The molecule has 25 heavy (non-hydrogen) atoms. The Balaban J connectivity index is 2.33. The van der Waals surface area contributed by atoms with Gasteiger partial charge in [-0.25, -0.2) is 8.42 Å². The predicted molar refractivity (Wildman–Crippen MR) is 97.2 cm³/mol. The number of hydrogen-bond donors (Lipinski definition) is 1. The monoisotopic (exact) mass is 361 g/mol. The van der Waals surface area contributed by atoms with Crippen LogP contribution in [0.3, 0.4) is 0 Å². The Labute approximate surface area is 149 Å². The number of rotatable bonds is 6. The van der Waals surface area contributed by atoms with E-state index >= 15 is 0 Å². The highest BCUT2D eigenvalue weighted by atomic mass is 32.2. The van der Waals surface area contributed by atoms with Crippen molar-refractivity contribution >= 4 is 16.0 Å². The second kappa shape index (κ2) is 7.37. The summed E-state index contributed by atoms with van der Waals surface area (Å²) in [4.78, 5) is 11.8. The highest BCUT2D eigenvalue weighted by Gasteiger charge is 2.33. The van der Waals surface area contributed by atoms with E-state index in [1.807, 2.05) is 39.0 Å². The Morgan fingerprint density at radius 2 is 1.64 bits per heavy atom. The quantitative estimate of drug-likeness (QED) is 0.858. The van der Waals surface area contributed by atoms with Crippen LogP contribution in [0.25, 0.3) is 0 Å². The highest BCUT2D eigenvalue weighted by Crippen LogP contribution is 2.20. The van der Waals surface area contributed by atoms with Gasteiger partial charge in [0.1, 0.15) is 6.04 Å². The van der Waals surface area contributed by atoms with Crippen molar-refractivity contribution in [2.75, 3.05) is 7.05 Å². The summed E-state index contributed by atoms with van der Waals surface area (Å²) in [7, 11) is -2.57. The van der Waals surface area contributed by atoms with Crippen LogP contribution in [-0.2, 0) is 21.2 Å². The molecule has 0 fully saturated rings. The molecule has 0 aromatic heterocycles. The number of carbonyl (C=O) groups is 1. The van der Waals surface area contributed by atoms with E-state index in [9.17, 15) is 18.3 Å². The normalized spacial score (nSPS) is 13.0. The molecule has 0 radical (unpaired) electrons. The lowest BCUT2D eigenvalue weighted by molar-refractivity contribution is -0.141. The van der Waals surface area contributed by atoms with Crippen molar-refractivity contribution < 1.29 is 18.3 Å². The smallest absolute Gasteiger partial charge is 0.322 e. The predicted octanol–water partition coefficient (Wildman–Crippen LogP) is 2.93. The Bertz CT molecular complexity index is 873. The molecule has 0 aliphatic rings. The Kier molecular flexibility index (Phi) is 5.65. The summed E-state index contributed by atoms with van der Waals surface area (Å²) in [5, 5.41) is 9.58. The summed E-state index contributed by atoms with van der Waals surface area (Å²) >= 11 is 0. The summed E-state index contributed by atoms with van der Waals surface area (Å²) in [5.74, 6) is -1.17. The van der Waals surface area contributed by atoms with E-state index in [4.69, 9.17) is 0 Å². The molecule has 0 aliphatic heterocycles. The lowest BCUT2D eigenvalue weighted by Gasteiger charge is -2.24. The fraction of sp³-hybridized carbons (Fsp3) is 0.316. The standard InChI is InChI=1S/C19H23NO4S/c1-13-5-9-17(10-6-13)25(23,24)20(4)18(19(21)22)12-16-8-7-14(2)15(3)11-16/h5-11,18H,12H2,1-4H3,(H,21,22)/t18-/m1/s1. The van der Waals surface area contributed by atoms with Crippen molar-refractivity contribution in [2.45, 2.75) is 38.1 Å². The minimum absolute atomic E-state index is 0.0898. The van der Waals surface area contributed by atoms with Crippen molar-refractivity contribution in [2.24, 2.45) is 0 Å². The van der Waals surface area contributed by atoms with E-state index in [0.717, 1.165) is 26.6 Å². The van der Waals surface area contributed by atoms with E-state index in [1.54, 1.807) is 12.1 Å². The maximum Gasteiger partial charge on any atom is 0.322 e. The van der Waals surface area contributed by atoms with Crippen molar-refractivity contribution in [3.63, 3.8) is 0 Å². The first kappa shape index (κ1) is 19.1. The Hall–Kier alpha value is -2.18.